The van der Waals surface area contributed by atoms with Crippen LogP contribution in [0.5, 0.6) is 0 Å². The van der Waals surface area contributed by atoms with E-state index in [0.29, 0.717) is 44.9 Å². The molecular formula is C18H15Cl4N3O2. The number of allylic oxidation sites excluding steroid dienone is 5. The molecule has 0 aliphatic carbocycles. The number of halogens is 4. The number of carbonyl (C=O) groups excluding carboxylic acids is 1. The molecule has 0 fully saturated rings. The number of hydrogen-bond acceptors (Lipinski definition) is 4. The number of alkyl halides is 2. The van der Waals surface area contributed by atoms with Crippen molar-refractivity contribution in [2.24, 2.45) is 0 Å². The topological polar surface area (TPSA) is 68.0 Å². The van der Waals surface area contributed by atoms with E-state index in [0.717, 1.165) is 0 Å². The van der Waals surface area contributed by atoms with Gasteiger partial charge in [0.15, 0.2) is 10.6 Å². The fourth-order valence-electron chi connectivity index (χ4n) is 2.09. The Morgan fingerprint density at radius 3 is 2.74 bits per heavy atom. The predicted octanol–water partition coefficient (Wildman–Crippen LogP) is 5.84. The quantitative estimate of drug-likeness (QED) is 0.428. The third kappa shape index (κ3) is 6.11. The van der Waals surface area contributed by atoms with Crippen LogP contribution in [0.2, 0.25) is 0 Å². The second kappa shape index (κ2) is 9.95. The minimum atomic E-state index is -1.17. The Kier molecular flexibility index (Phi) is 7.92. The van der Waals surface area contributed by atoms with Crippen molar-refractivity contribution >= 4 is 58.0 Å². The SMILES string of the molecule is C=C(Cl)/C(Cc1cc(-c2cc(NC(=O)C(Cl)Cl)ccn2)on1)=C(Cl)\C=C/C. The van der Waals surface area contributed by atoms with Gasteiger partial charge in [-0.25, -0.2) is 0 Å². The van der Waals surface area contributed by atoms with E-state index in [1.807, 2.05) is 6.92 Å². The number of hydrogen-bond donors (Lipinski definition) is 1. The van der Waals surface area contributed by atoms with Crippen LogP contribution in [-0.2, 0) is 11.2 Å². The lowest BCUT2D eigenvalue weighted by Gasteiger charge is -2.05. The van der Waals surface area contributed by atoms with Gasteiger partial charge in [-0.15, -0.1) is 0 Å². The van der Waals surface area contributed by atoms with E-state index in [1.54, 1.807) is 30.4 Å². The number of nitrogens with one attached hydrogen (secondary N) is 1. The lowest BCUT2D eigenvalue weighted by atomic mass is 10.1. The van der Waals surface area contributed by atoms with Gasteiger partial charge < -0.3 is 9.84 Å². The van der Waals surface area contributed by atoms with Crippen molar-refractivity contribution < 1.29 is 9.32 Å². The zero-order valence-electron chi connectivity index (χ0n) is 14.2. The van der Waals surface area contributed by atoms with E-state index in [9.17, 15) is 4.79 Å². The lowest BCUT2D eigenvalue weighted by Crippen LogP contribution is -2.18. The molecular weight excluding hydrogens is 432 g/mol. The van der Waals surface area contributed by atoms with Gasteiger partial charge in [-0.3, -0.25) is 9.78 Å². The monoisotopic (exact) mass is 445 g/mol. The first-order chi connectivity index (χ1) is 12.8. The Bertz CT molecular complexity index is 904. The minimum Gasteiger partial charge on any atom is -0.354 e. The molecule has 2 rings (SSSR count). The van der Waals surface area contributed by atoms with Crippen molar-refractivity contribution in [3.05, 3.63) is 64.5 Å². The van der Waals surface area contributed by atoms with Crippen LogP contribution in [0.15, 0.2) is 63.3 Å². The molecule has 9 heteroatoms. The van der Waals surface area contributed by atoms with Crippen molar-refractivity contribution in [3.63, 3.8) is 0 Å². The molecule has 0 saturated heterocycles. The molecule has 0 saturated carbocycles. The van der Waals surface area contributed by atoms with Crippen LogP contribution in [0.3, 0.4) is 0 Å². The Morgan fingerprint density at radius 2 is 2.11 bits per heavy atom. The summed E-state index contributed by atoms with van der Waals surface area (Å²) in [7, 11) is 0. The number of anilines is 1. The largest absolute Gasteiger partial charge is 0.354 e. The van der Waals surface area contributed by atoms with E-state index in [2.05, 4.69) is 22.0 Å². The van der Waals surface area contributed by atoms with Crippen molar-refractivity contribution in [1.29, 1.82) is 0 Å². The molecule has 142 valence electrons. The molecule has 0 aliphatic rings. The predicted molar refractivity (Wildman–Crippen MR) is 110 cm³/mol. The molecule has 0 bridgehead atoms. The summed E-state index contributed by atoms with van der Waals surface area (Å²) in [5.41, 5.74) is 2.19. The zero-order valence-corrected chi connectivity index (χ0v) is 17.2. The normalized spacial score (nSPS) is 12.4. The van der Waals surface area contributed by atoms with Gasteiger partial charge in [0, 0.05) is 34.4 Å². The van der Waals surface area contributed by atoms with Crippen molar-refractivity contribution in [2.75, 3.05) is 5.32 Å². The van der Waals surface area contributed by atoms with Crippen LogP contribution < -0.4 is 5.32 Å². The summed E-state index contributed by atoms with van der Waals surface area (Å²) >= 11 is 23.3. The molecule has 27 heavy (non-hydrogen) atoms. The summed E-state index contributed by atoms with van der Waals surface area (Å²) in [5.74, 6) is -0.126. The number of carbonyl (C=O) groups is 1. The van der Waals surface area contributed by atoms with Crippen molar-refractivity contribution in [2.45, 2.75) is 18.2 Å². The lowest BCUT2D eigenvalue weighted by molar-refractivity contribution is -0.114. The van der Waals surface area contributed by atoms with Gasteiger partial charge in [0.25, 0.3) is 5.91 Å². The second-order valence-corrected chi connectivity index (χ2v) is 7.27. The van der Waals surface area contributed by atoms with Crippen LogP contribution in [-0.4, -0.2) is 20.9 Å². The van der Waals surface area contributed by atoms with Crippen LogP contribution in [0.4, 0.5) is 5.69 Å². The molecule has 0 radical (unpaired) electrons. The molecule has 5 nitrogen and oxygen atoms in total. The molecule has 2 aromatic heterocycles. The van der Waals surface area contributed by atoms with Crippen LogP contribution in [0.25, 0.3) is 11.5 Å². The first-order valence-electron chi connectivity index (χ1n) is 7.69. The number of aromatic nitrogens is 2. The average Bonchev–Trinajstić information content (AvgIpc) is 3.08. The average molecular weight is 447 g/mol. The molecule has 0 unspecified atom stereocenters. The first-order valence-corrected chi connectivity index (χ1v) is 9.31. The third-order valence-electron chi connectivity index (χ3n) is 3.32. The Balaban J connectivity index is 2.24. The van der Waals surface area contributed by atoms with E-state index in [-0.39, 0.29) is 0 Å². The first kappa shape index (κ1) is 21.5. The molecule has 0 aromatic carbocycles. The van der Waals surface area contributed by atoms with Gasteiger partial charge in [-0.2, -0.15) is 0 Å². The van der Waals surface area contributed by atoms with Gasteiger partial charge in [0.2, 0.25) is 0 Å². The van der Waals surface area contributed by atoms with Gasteiger partial charge in [-0.1, -0.05) is 64.2 Å². The highest BCUT2D eigenvalue weighted by atomic mass is 35.5. The summed E-state index contributed by atoms with van der Waals surface area (Å²) in [6.45, 7) is 5.58. The highest BCUT2D eigenvalue weighted by Crippen LogP contribution is 2.27. The molecule has 0 aliphatic heterocycles. The number of rotatable bonds is 7. The van der Waals surface area contributed by atoms with E-state index in [4.69, 9.17) is 50.9 Å². The van der Waals surface area contributed by atoms with Crippen molar-refractivity contribution in [3.8, 4) is 11.5 Å². The Morgan fingerprint density at radius 1 is 1.37 bits per heavy atom. The van der Waals surface area contributed by atoms with Crippen LogP contribution >= 0.6 is 46.4 Å². The highest BCUT2D eigenvalue weighted by Gasteiger charge is 2.15. The standard InChI is InChI=1S/C18H15Cl4N3O2/c1-3-4-14(20)13(10(2)19)7-12-9-16(27-25-12)15-8-11(5-6-23-15)24-18(26)17(21)22/h3-6,8-9,17H,2,7H2,1H3,(H,23,24,26)/b4-3-,14-13+. The van der Waals surface area contributed by atoms with E-state index < -0.39 is 10.7 Å². The zero-order chi connectivity index (χ0) is 20.0. The number of amides is 1. The number of pyridine rings is 1. The van der Waals surface area contributed by atoms with Gasteiger partial charge in [0.05, 0.1) is 5.69 Å². The maximum Gasteiger partial charge on any atom is 0.257 e. The summed E-state index contributed by atoms with van der Waals surface area (Å²) in [5, 5.41) is 7.38. The van der Waals surface area contributed by atoms with E-state index in [1.165, 1.54) is 6.20 Å². The fraction of sp³-hybridized carbons (Fsp3) is 0.167. The molecule has 1 amide bonds. The van der Waals surface area contributed by atoms with E-state index >= 15 is 0 Å². The third-order valence-corrected chi connectivity index (χ3v) is 4.30. The maximum atomic E-state index is 11.6. The highest BCUT2D eigenvalue weighted by molar-refractivity contribution is 6.54. The van der Waals surface area contributed by atoms with Crippen molar-refractivity contribution in [1.82, 2.24) is 10.1 Å². The Hall–Kier alpha value is -1.79. The summed E-state index contributed by atoms with van der Waals surface area (Å²) in [6, 6.07) is 4.92. The summed E-state index contributed by atoms with van der Waals surface area (Å²) in [4.78, 5) is 14.6. The molecule has 0 atom stereocenters. The van der Waals surface area contributed by atoms with Gasteiger partial charge in [0.1, 0.15) is 5.69 Å². The fourth-order valence-corrected chi connectivity index (χ4v) is 2.73. The number of nitrogens with zero attached hydrogens (tertiary/aromatic N) is 2. The summed E-state index contributed by atoms with van der Waals surface area (Å²) < 4.78 is 5.34. The second-order valence-electron chi connectivity index (χ2n) is 5.31. The maximum absolute atomic E-state index is 11.6. The molecule has 2 aromatic rings. The minimum absolute atomic E-state index is 0.321. The van der Waals surface area contributed by atoms with Gasteiger partial charge in [-0.05, 0) is 30.7 Å². The summed E-state index contributed by atoms with van der Waals surface area (Å²) in [6.07, 6.45) is 5.37. The molecule has 2 heterocycles. The smallest absolute Gasteiger partial charge is 0.257 e. The van der Waals surface area contributed by atoms with Crippen LogP contribution in [0, 0.1) is 0 Å². The molecule has 1 N–H and O–H groups in total. The molecule has 0 spiro atoms. The van der Waals surface area contributed by atoms with Gasteiger partial charge >= 0.3 is 0 Å². The van der Waals surface area contributed by atoms with Crippen LogP contribution in [0.1, 0.15) is 12.6 Å². The Labute approximate surface area is 176 Å².